The molecule has 0 spiro atoms. The fraction of sp³-hybridized carbons (Fsp3) is 0.0476. The van der Waals surface area contributed by atoms with Crippen molar-refractivity contribution in [1.29, 1.82) is 0 Å². The van der Waals surface area contributed by atoms with Crippen molar-refractivity contribution in [2.24, 2.45) is 0 Å². The number of carbonyl (C=O) groups is 1. The van der Waals surface area contributed by atoms with Gasteiger partial charge < -0.3 is 13.6 Å². The molecule has 0 atom stereocenters. The van der Waals surface area contributed by atoms with Crippen LogP contribution in [0.25, 0.3) is 33.4 Å². The molecule has 0 bridgehead atoms. The second-order valence-corrected chi connectivity index (χ2v) is 7.01. The Morgan fingerprint density at radius 3 is 2.75 bits per heavy atom. The normalized spacial score (nSPS) is 11.2. The fourth-order valence-corrected chi connectivity index (χ4v) is 3.66. The lowest BCUT2D eigenvalue weighted by Crippen LogP contribution is -2.10. The third kappa shape index (κ3) is 2.91. The van der Waals surface area contributed by atoms with E-state index >= 15 is 0 Å². The van der Waals surface area contributed by atoms with Crippen LogP contribution >= 0.6 is 11.3 Å². The SMILES string of the molecule is COc1ccc2cc(-c3csc(NC(=O)c4cc5ccccc5o4)n3)oc2c1. The molecule has 0 aliphatic heterocycles. The van der Waals surface area contributed by atoms with Crippen molar-refractivity contribution in [1.82, 2.24) is 4.98 Å². The molecule has 6 nitrogen and oxygen atoms in total. The summed E-state index contributed by atoms with van der Waals surface area (Å²) in [5.41, 5.74) is 2.04. The van der Waals surface area contributed by atoms with Crippen molar-refractivity contribution in [2.45, 2.75) is 0 Å². The molecule has 3 heterocycles. The van der Waals surface area contributed by atoms with Crippen LogP contribution in [0.3, 0.4) is 0 Å². The number of ether oxygens (including phenoxy) is 1. The maximum absolute atomic E-state index is 12.5. The third-order valence-corrected chi connectivity index (χ3v) is 5.11. The van der Waals surface area contributed by atoms with E-state index in [2.05, 4.69) is 10.3 Å². The molecule has 2 aromatic carbocycles. The molecule has 1 N–H and O–H groups in total. The summed E-state index contributed by atoms with van der Waals surface area (Å²) in [6, 6.07) is 16.7. The van der Waals surface area contributed by atoms with E-state index < -0.39 is 0 Å². The van der Waals surface area contributed by atoms with Crippen LogP contribution in [0.5, 0.6) is 5.75 Å². The first-order valence-corrected chi connectivity index (χ1v) is 9.41. The zero-order valence-corrected chi connectivity index (χ0v) is 15.6. The van der Waals surface area contributed by atoms with Crippen LogP contribution in [-0.4, -0.2) is 18.0 Å². The molecule has 138 valence electrons. The van der Waals surface area contributed by atoms with Crippen molar-refractivity contribution < 1.29 is 18.4 Å². The largest absolute Gasteiger partial charge is 0.497 e. The minimum atomic E-state index is -0.341. The zero-order valence-electron chi connectivity index (χ0n) is 14.8. The average molecular weight is 390 g/mol. The Kier molecular flexibility index (Phi) is 3.87. The highest BCUT2D eigenvalue weighted by molar-refractivity contribution is 7.14. The van der Waals surface area contributed by atoms with Gasteiger partial charge >= 0.3 is 0 Å². The standard InChI is InChI=1S/C21H14N2O4S/c1-25-14-7-6-13-8-18(27-17(13)10-14)15-11-28-21(22-15)23-20(24)19-9-12-4-2-3-5-16(12)26-19/h2-11H,1H3,(H,22,23,24). The number of hydrogen-bond acceptors (Lipinski definition) is 6. The van der Waals surface area contributed by atoms with Gasteiger partial charge in [0.1, 0.15) is 22.6 Å². The van der Waals surface area contributed by atoms with Crippen molar-refractivity contribution in [3.63, 3.8) is 0 Å². The van der Waals surface area contributed by atoms with E-state index in [9.17, 15) is 4.79 Å². The van der Waals surface area contributed by atoms with Gasteiger partial charge in [-0.15, -0.1) is 11.3 Å². The Bertz CT molecular complexity index is 1280. The molecule has 28 heavy (non-hydrogen) atoms. The van der Waals surface area contributed by atoms with E-state index in [-0.39, 0.29) is 11.7 Å². The summed E-state index contributed by atoms with van der Waals surface area (Å²) < 4.78 is 16.7. The summed E-state index contributed by atoms with van der Waals surface area (Å²) >= 11 is 1.32. The Hall–Kier alpha value is -3.58. The number of carbonyl (C=O) groups excluding carboxylic acids is 1. The topological polar surface area (TPSA) is 77.5 Å². The van der Waals surface area contributed by atoms with Gasteiger partial charge in [0.2, 0.25) is 0 Å². The average Bonchev–Trinajstić information content (AvgIpc) is 3.44. The van der Waals surface area contributed by atoms with Crippen LogP contribution < -0.4 is 10.1 Å². The summed E-state index contributed by atoms with van der Waals surface area (Å²) in [5, 5.41) is 6.92. The molecular weight excluding hydrogens is 376 g/mol. The third-order valence-electron chi connectivity index (χ3n) is 4.35. The number of hydrogen-bond donors (Lipinski definition) is 1. The second kappa shape index (κ2) is 6.54. The van der Waals surface area contributed by atoms with E-state index in [1.165, 1.54) is 11.3 Å². The van der Waals surface area contributed by atoms with Gasteiger partial charge in [0, 0.05) is 22.2 Å². The predicted molar refractivity (Wildman–Crippen MR) is 108 cm³/mol. The highest BCUT2D eigenvalue weighted by Gasteiger charge is 2.16. The summed E-state index contributed by atoms with van der Waals surface area (Å²) in [7, 11) is 1.61. The number of amides is 1. The lowest BCUT2D eigenvalue weighted by Gasteiger charge is -1.97. The van der Waals surface area contributed by atoms with Crippen molar-refractivity contribution >= 4 is 44.3 Å². The molecule has 7 heteroatoms. The van der Waals surface area contributed by atoms with Crippen LogP contribution in [0.15, 0.2) is 68.8 Å². The number of methoxy groups -OCH3 is 1. The van der Waals surface area contributed by atoms with Gasteiger partial charge in [0.05, 0.1) is 7.11 Å². The Labute approximate surface area is 163 Å². The van der Waals surface area contributed by atoms with Crippen LogP contribution in [-0.2, 0) is 0 Å². The molecule has 3 aromatic heterocycles. The molecule has 0 unspecified atom stereocenters. The molecule has 0 radical (unpaired) electrons. The number of thiazole rings is 1. The Balaban J connectivity index is 1.39. The number of anilines is 1. The first-order chi connectivity index (χ1) is 13.7. The van der Waals surface area contributed by atoms with E-state index in [4.69, 9.17) is 13.6 Å². The van der Waals surface area contributed by atoms with E-state index in [1.54, 1.807) is 13.2 Å². The van der Waals surface area contributed by atoms with Crippen LogP contribution in [0.2, 0.25) is 0 Å². The summed E-state index contributed by atoms with van der Waals surface area (Å²) in [4.78, 5) is 16.9. The number of para-hydroxylation sites is 1. The van der Waals surface area contributed by atoms with E-state index in [0.717, 1.165) is 22.1 Å². The molecule has 5 rings (SSSR count). The van der Waals surface area contributed by atoms with Gasteiger partial charge in [-0.05, 0) is 30.3 Å². The maximum atomic E-state index is 12.5. The second-order valence-electron chi connectivity index (χ2n) is 6.15. The number of benzene rings is 2. The van der Waals surface area contributed by atoms with Crippen LogP contribution in [0.4, 0.5) is 5.13 Å². The number of aromatic nitrogens is 1. The van der Waals surface area contributed by atoms with Crippen molar-refractivity contribution in [2.75, 3.05) is 12.4 Å². The molecule has 5 aromatic rings. The van der Waals surface area contributed by atoms with Gasteiger partial charge in [0.25, 0.3) is 5.91 Å². The molecule has 0 saturated heterocycles. The fourth-order valence-electron chi connectivity index (χ4n) is 2.96. The maximum Gasteiger partial charge on any atom is 0.293 e. The Morgan fingerprint density at radius 1 is 1.04 bits per heavy atom. The van der Waals surface area contributed by atoms with Gasteiger partial charge in [-0.25, -0.2) is 4.98 Å². The number of nitrogens with zero attached hydrogens (tertiary/aromatic N) is 1. The number of rotatable bonds is 4. The molecule has 0 saturated carbocycles. The number of nitrogens with one attached hydrogen (secondary N) is 1. The monoisotopic (exact) mass is 390 g/mol. The first-order valence-electron chi connectivity index (χ1n) is 8.53. The van der Waals surface area contributed by atoms with Crippen molar-refractivity contribution in [3.05, 3.63) is 65.7 Å². The summed E-state index contributed by atoms with van der Waals surface area (Å²) in [5.74, 6) is 1.26. The minimum absolute atomic E-state index is 0.244. The van der Waals surface area contributed by atoms with Crippen molar-refractivity contribution in [3.8, 4) is 17.2 Å². The van der Waals surface area contributed by atoms with Gasteiger partial charge in [-0.1, -0.05) is 18.2 Å². The molecule has 0 aliphatic rings. The number of furan rings is 2. The molecule has 0 aliphatic carbocycles. The number of fused-ring (bicyclic) bond motifs is 2. The first kappa shape index (κ1) is 16.6. The lowest BCUT2D eigenvalue weighted by molar-refractivity contribution is 0.0998. The van der Waals surface area contributed by atoms with Crippen LogP contribution in [0.1, 0.15) is 10.6 Å². The van der Waals surface area contributed by atoms with Gasteiger partial charge in [-0.3, -0.25) is 10.1 Å². The minimum Gasteiger partial charge on any atom is -0.497 e. The Morgan fingerprint density at radius 2 is 1.89 bits per heavy atom. The molecule has 1 amide bonds. The van der Waals surface area contributed by atoms with E-state index in [1.807, 2.05) is 53.9 Å². The van der Waals surface area contributed by atoms with Crippen LogP contribution in [0, 0.1) is 0 Å². The molecule has 0 fully saturated rings. The summed E-state index contributed by atoms with van der Waals surface area (Å²) in [6.45, 7) is 0. The zero-order chi connectivity index (χ0) is 19.1. The lowest BCUT2D eigenvalue weighted by atomic mass is 10.2. The quantitative estimate of drug-likeness (QED) is 0.434. The smallest absolute Gasteiger partial charge is 0.293 e. The predicted octanol–water partition coefficient (Wildman–Crippen LogP) is 5.56. The van der Waals surface area contributed by atoms with E-state index in [0.29, 0.717) is 22.2 Å². The van der Waals surface area contributed by atoms with Gasteiger partial charge in [0.15, 0.2) is 16.7 Å². The van der Waals surface area contributed by atoms with Gasteiger partial charge in [-0.2, -0.15) is 0 Å². The highest BCUT2D eigenvalue weighted by atomic mass is 32.1. The highest BCUT2D eigenvalue weighted by Crippen LogP contribution is 2.32. The molecular formula is C21H14N2O4S. The summed E-state index contributed by atoms with van der Waals surface area (Å²) in [6.07, 6.45) is 0.